The highest BCUT2D eigenvalue weighted by molar-refractivity contribution is 9.10. The lowest BCUT2D eigenvalue weighted by atomic mass is 9.77. The summed E-state index contributed by atoms with van der Waals surface area (Å²) >= 11 is 3.44. The summed E-state index contributed by atoms with van der Waals surface area (Å²) in [4.78, 5) is 10.9. The highest BCUT2D eigenvalue weighted by Crippen LogP contribution is 2.34. The van der Waals surface area contributed by atoms with E-state index in [1.807, 2.05) is 6.07 Å². The van der Waals surface area contributed by atoms with Crippen molar-refractivity contribution in [1.29, 1.82) is 0 Å². The zero-order valence-corrected chi connectivity index (χ0v) is 13.1. The second-order valence-electron chi connectivity index (χ2n) is 5.34. The minimum atomic E-state index is -0.902. The van der Waals surface area contributed by atoms with E-state index in [4.69, 9.17) is 5.11 Å². The van der Waals surface area contributed by atoms with E-state index in [1.165, 1.54) is 11.1 Å². The molecule has 21 heavy (non-hydrogen) atoms. The van der Waals surface area contributed by atoms with Gasteiger partial charge in [0, 0.05) is 23.5 Å². The molecule has 0 radical (unpaired) electrons. The highest BCUT2D eigenvalue weighted by Gasteiger charge is 2.24. The molecule has 3 rings (SSSR count). The predicted octanol–water partition coefficient (Wildman–Crippen LogP) is 3.58. The number of carbonyl (C=O) groups is 1. The fourth-order valence-corrected chi connectivity index (χ4v) is 3.27. The van der Waals surface area contributed by atoms with Crippen molar-refractivity contribution in [1.82, 2.24) is 5.32 Å². The number of nitrogens with one attached hydrogen (secondary N) is 1. The molecule has 2 aromatic rings. The van der Waals surface area contributed by atoms with Crippen molar-refractivity contribution < 1.29 is 9.90 Å². The third-order valence-electron chi connectivity index (χ3n) is 3.97. The minimum Gasteiger partial charge on any atom is -0.478 e. The number of rotatable bonds is 5. The van der Waals surface area contributed by atoms with Crippen LogP contribution in [0.5, 0.6) is 0 Å². The van der Waals surface area contributed by atoms with Gasteiger partial charge in [-0.3, -0.25) is 0 Å². The van der Waals surface area contributed by atoms with Crippen LogP contribution in [0.3, 0.4) is 0 Å². The largest absolute Gasteiger partial charge is 0.478 e. The lowest BCUT2D eigenvalue weighted by Crippen LogP contribution is -2.28. The van der Waals surface area contributed by atoms with Crippen LogP contribution in [0.4, 0.5) is 0 Å². The molecule has 0 fully saturated rings. The van der Waals surface area contributed by atoms with Gasteiger partial charge in [0.15, 0.2) is 0 Å². The predicted molar refractivity (Wildman–Crippen MR) is 85.7 cm³/mol. The van der Waals surface area contributed by atoms with E-state index in [1.54, 1.807) is 12.1 Å². The van der Waals surface area contributed by atoms with Crippen molar-refractivity contribution in [2.45, 2.75) is 18.9 Å². The van der Waals surface area contributed by atoms with E-state index in [0.29, 0.717) is 11.5 Å². The summed E-state index contributed by atoms with van der Waals surface area (Å²) in [5, 5.41) is 12.4. The average molecular weight is 346 g/mol. The fraction of sp³-hybridized carbons (Fsp3) is 0.235. The minimum absolute atomic E-state index is 0.304. The summed E-state index contributed by atoms with van der Waals surface area (Å²) in [7, 11) is 0. The first-order valence-corrected chi connectivity index (χ1v) is 7.74. The molecule has 0 saturated carbocycles. The number of fused-ring (bicyclic) bond motifs is 1. The number of carboxylic acid groups (broad SMARTS) is 1. The van der Waals surface area contributed by atoms with Crippen molar-refractivity contribution in [3.63, 3.8) is 0 Å². The zero-order valence-electron chi connectivity index (χ0n) is 11.5. The molecule has 3 nitrogen and oxygen atoms in total. The molecule has 1 aliphatic carbocycles. The van der Waals surface area contributed by atoms with Gasteiger partial charge in [-0.25, -0.2) is 4.79 Å². The van der Waals surface area contributed by atoms with Crippen LogP contribution < -0.4 is 5.32 Å². The molecule has 108 valence electrons. The fourth-order valence-electron chi connectivity index (χ4n) is 2.75. The number of hydrogen-bond acceptors (Lipinski definition) is 2. The van der Waals surface area contributed by atoms with Gasteiger partial charge in [0.1, 0.15) is 0 Å². The zero-order chi connectivity index (χ0) is 14.8. The van der Waals surface area contributed by atoms with Gasteiger partial charge in [0.25, 0.3) is 0 Å². The number of carboxylic acids is 1. The normalized spacial score (nSPS) is 16.1. The SMILES string of the molecule is O=C(O)c1ccc(CNCC2Cc3ccccc32)c(Br)c1. The first kappa shape index (κ1) is 14.3. The molecule has 2 aromatic carbocycles. The Bertz CT molecular complexity index is 684. The third-order valence-corrected chi connectivity index (χ3v) is 4.71. The Morgan fingerprint density at radius 2 is 2.10 bits per heavy atom. The van der Waals surface area contributed by atoms with E-state index in [-0.39, 0.29) is 0 Å². The number of benzene rings is 2. The number of halogens is 1. The van der Waals surface area contributed by atoms with Gasteiger partial charge in [0.2, 0.25) is 0 Å². The Labute approximate surface area is 132 Å². The van der Waals surface area contributed by atoms with Crippen molar-refractivity contribution in [2.24, 2.45) is 0 Å². The maximum absolute atomic E-state index is 10.9. The van der Waals surface area contributed by atoms with Crippen LogP contribution in [0.1, 0.15) is 33.0 Å². The van der Waals surface area contributed by atoms with Crippen LogP contribution in [-0.2, 0) is 13.0 Å². The standard InChI is InChI=1S/C17H16BrNO2/c18-16-8-12(17(20)21)5-6-13(16)9-19-10-14-7-11-3-1-2-4-15(11)14/h1-6,8,14,19H,7,9-10H2,(H,20,21). The van der Waals surface area contributed by atoms with Crippen LogP contribution in [-0.4, -0.2) is 17.6 Å². The monoisotopic (exact) mass is 345 g/mol. The summed E-state index contributed by atoms with van der Waals surface area (Å²) in [6, 6.07) is 13.7. The van der Waals surface area contributed by atoms with Gasteiger partial charge in [-0.05, 0) is 35.2 Å². The average Bonchev–Trinajstić information content (AvgIpc) is 2.45. The van der Waals surface area contributed by atoms with Crippen molar-refractivity contribution in [2.75, 3.05) is 6.54 Å². The highest BCUT2D eigenvalue weighted by atomic mass is 79.9. The summed E-state index contributed by atoms with van der Waals surface area (Å²) in [5.41, 5.74) is 4.28. The van der Waals surface area contributed by atoms with Crippen LogP contribution in [0.15, 0.2) is 46.9 Å². The summed E-state index contributed by atoms with van der Waals surface area (Å²) in [6.45, 7) is 1.68. The van der Waals surface area contributed by atoms with E-state index < -0.39 is 5.97 Å². The molecular formula is C17H16BrNO2. The molecule has 0 bridgehead atoms. The summed E-state index contributed by atoms with van der Waals surface area (Å²) < 4.78 is 0.837. The van der Waals surface area contributed by atoms with E-state index in [0.717, 1.165) is 29.5 Å². The number of aromatic carboxylic acids is 1. The molecule has 0 heterocycles. The van der Waals surface area contributed by atoms with E-state index >= 15 is 0 Å². The van der Waals surface area contributed by atoms with Gasteiger partial charge in [-0.2, -0.15) is 0 Å². The maximum atomic E-state index is 10.9. The van der Waals surface area contributed by atoms with Gasteiger partial charge in [-0.15, -0.1) is 0 Å². The Morgan fingerprint density at radius 3 is 2.81 bits per heavy atom. The Morgan fingerprint density at radius 1 is 1.29 bits per heavy atom. The molecule has 1 aliphatic rings. The molecule has 0 aromatic heterocycles. The third kappa shape index (κ3) is 3.01. The molecule has 0 saturated heterocycles. The topological polar surface area (TPSA) is 49.3 Å². The Kier molecular flexibility index (Phi) is 4.08. The van der Waals surface area contributed by atoms with E-state index in [2.05, 4.69) is 45.5 Å². The smallest absolute Gasteiger partial charge is 0.335 e. The molecule has 0 aliphatic heterocycles. The van der Waals surface area contributed by atoms with Gasteiger partial charge in [-0.1, -0.05) is 46.3 Å². The molecule has 1 unspecified atom stereocenters. The Balaban J connectivity index is 1.56. The van der Waals surface area contributed by atoms with E-state index in [9.17, 15) is 4.79 Å². The Hall–Kier alpha value is -1.65. The molecule has 0 spiro atoms. The lowest BCUT2D eigenvalue weighted by molar-refractivity contribution is 0.0697. The second kappa shape index (κ2) is 6.00. The van der Waals surface area contributed by atoms with Gasteiger partial charge >= 0.3 is 5.97 Å². The summed E-state index contributed by atoms with van der Waals surface area (Å²) in [5.74, 6) is -0.306. The lowest BCUT2D eigenvalue weighted by Gasteiger charge is -2.30. The van der Waals surface area contributed by atoms with Crippen LogP contribution in [0, 0.1) is 0 Å². The molecule has 0 amide bonds. The first-order chi connectivity index (χ1) is 10.1. The number of hydrogen-bond donors (Lipinski definition) is 2. The van der Waals surface area contributed by atoms with Crippen LogP contribution >= 0.6 is 15.9 Å². The second-order valence-corrected chi connectivity index (χ2v) is 6.20. The van der Waals surface area contributed by atoms with Gasteiger partial charge < -0.3 is 10.4 Å². The quantitative estimate of drug-likeness (QED) is 0.870. The van der Waals surface area contributed by atoms with Crippen molar-refractivity contribution >= 4 is 21.9 Å². The first-order valence-electron chi connectivity index (χ1n) is 6.95. The van der Waals surface area contributed by atoms with Crippen molar-refractivity contribution in [3.8, 4) is 0 Å². The molecule has 2 N–H and O–H groups in total. The molecule has 1 atom stereocenters. The molecular weight excluding hydrogens is 330 g/mol. The summed E-state index contributed by atoms with van der Waals surface area (Å²) in [6.07, 6.45) is 1.14. The van der Waals surface area contributed by atoms with Crippen LogP contribution in [0.25, 0.3) is 0 Å². The van der Waals surface area contributed by atoms with Crippen LogP contribution in [0.2, 0.25) is 0 Å². The van der Waals surface area contributed by atoms with Gasteiger partial charge in [0.05, 0.1) is 5.56 Å². The maximum Gasteiger partial charge on any atom is 0.335 e. The molecule has 4 heteroatoms. The van der Waals surface area contributed by atoms with Crippen molar-refractivity contribution in [3.05, 3.63) is 69.2 Å².